The molecule has 0 bridgehead atoms. The number of rotatable bonds is 4. The number of halogens is 1. The van der Waals surface area contributed by atoms with Crippen LogP contribution >= 0.6 is 0 Å². The summed E-state index contributed by atoms with van der Waals surface area (Å²) in [6, 6.07) is 21.2. The van der Waals surface area contributed by atoms with Crippen molar-refractivity contribution in [2.75, 3.05) is 0 Å². The molecule has 0 fully saturated rings. The summed E-state index contributed by atoms with van der Waals surface area (Å²) in [5.41, 5.74) is -0.237. The second-order valence-corrected chi connectivity index (χ2v) is 9.70. The van der Waals surface area contributed by atoms with Gasteiger partial charge in [0.25, 0.3) is 0 Å². The Bertz CT molecular complexity index is 2020. The zero-order valence-electron chi connectivity index (χ0n) is 35.1. The fraction of sp³-hybridized carbons (Fsp3) is 0.222. The van der Waals surface area contributed by atoms with Crippen LogP contribution in [0.1, 0.15) is 60.8 Å². The van der Waals surface area contributed by atoms with Crippen molar-refractivity contribution < 1.29 is 42.3 Å². The van der Waals surface area contributed by atoms with E-state index in [1.54, 1.807) is 57.2 Å². The zero-order valence-corrected chi connectivity index (χ0v) is 24.5. The molecule has 40 heavy (non-hydrogen) atoms. The standard InChI is InChI=1S/C24H26N.C12H9FN.Ir/c1-17-13-19(15-24(3,4)5)11-12-21(17)22-14-23(25-16-18(22)2)20-9-7-6-8-10-20;1-9-2-7-12(14-8-9)10-3-5-11(13)6-4-10;/h6-9,11-14,16H,15H2,1-5H3;2-3,5-8H,1H3;/q2*-1;/i1D3,2D3,12D,14D,15D2;1D3;. The van der Waals surface area contributed by atoms with E-state index in [9.17, 15) is 4.39 Å². The van der Waals surface area contributed by atoms with Crippen LogP contribution in [0.15, 0.2) is 91.2 Å². The van der Waals surface area contributed by atoms with Crippen LogP contribution in [0, 0.1) is 43.9 Å². The molecule has 0 spiro atoms. The van der Waals surface area contributed by atoms with Crippen molar-refractivity contribution in [3.05, 3.63) is 131 Å². The van der Waals surface area contributed by atoms with E-state index in [0.29, 0.717) is 16.8 Å². The van der Waals surface area contributed by atoms with Crippen LogP contribution < -0.4 is 0 Å². The summed E-state index contributed by atoms with van der Waals surface area (Å²) in [6.45, 7) is -2.71. The number of nitrogens with zero attached hydrogens (tertiary/aromatic N) is 2. The van der Waals surface area contributed by atoms with Crippen molar-refractivity contribution in [3.8, 4) is 33.6 Å². The van der Waals surface area contributed by atoms with Gasteiger partial charge in [0.05, 0.1) is 2.74 Å². The molecule has 0 unspecified atom stereocenters. The quantitative estimate of drug-likeness (QED) is 0.173. The van der Waals surface area contributed by atoms with Gasteiger partial charge in [0.2, 0.25) is 0 Å². The Kier molecular flexibility index (Phi) is 5.97. The minimum Gasteiger partial charge on any atom is -0.304 e. The monoisotopic (exact) mass is 720 g/mol. The van der Waals surface area contributed by atoms with E-state index in [1.807, 2.05) is 0 Å². The van der Waals surface area contributed by atoms with Gasteiger partial charge in [0, 0.05) is 53.4 Å². The number of pyridine rings is 2. The number of hydrogen-bond donors (Lipinski definition) is 0. The number of aromatic nitrogens is 2. The van der Waals surface area contributed by atoms with Gasteiger partial charge >= 0.3 is 0 Å². The van der Waals surface area contributed by atoms with Gasteiger partial charge in [-0.1, -0.05) is 57.1 Å². The normalized spacial score (nSPS) is 16.9. The Morgan fingerprint density at radius 1 is 0.875 bits per heavy atom. The van der Waals surface area contributed by atoms with Gasteiger partial charge in [-0.25, -0.2) is 0 Å². The molecule has 0 aliphatic heterocycles. The molecule has 0 aliphatic rings. The third-order valence-electron chi connectivity index (χ3n) is 5.32. The van der Waals surface area contributed by atoms with Gasteiger partial charge in [-0.15, -0.1) is 65.7 Å². The largest absolute Gasteiger partial charge is 0.304 e. The summed E-state index contributed by atoms with van der Waals surface area (Å²) in [6.07, 6.45) is 0.404. The van der Waals surface area contributed by atoms with Crippen LogP contribution in [0.4, 0.5) is 4.39 Å². The Morgan fingerprint density at radius 2 is 1.68 bits per heavy atom. The topological polar surface area (TPSA) is 25.8 Å². The number of aryl methyl sites for hydroxylation is 3. The van der Waals surface area contributed by atoms with Crippen LogP contribution in [0.25, 0.3) is 33.6 Å². The van der Waals surface area contributed by atoms with Crippen molar-refractivity contribution in [1.29, 1.82) is 0 Å². The van der Waals surface area contributed by atoms with Crippen LogP contribution in [0.2, 0.25) is 0 Å². The second-order valence-electron chi connectivity index (χ2n) is 9.70. The molecule has 2 nitrogen and oxygen atoms in total. The Hall–Kier alpha value is -3.46. The molecule has 4 heteroatoms. The van der Waals surface area contributed by atoms with Gasteiger partial charge < -0.3 is 9.97 Å². The van der Waals surface area contributed by atoms with E-state index in [-0.39, 0.29) is 77.1 Å². The molecule has 0 atom stereocenters. The predicted molar refractivity (Wildman–Crippen MR) is 160 cm³/mol. The molecule has 1 radical (unpaired) electrons. The average Bonchev–Trinajstić information content (AvgIpc) is 3.04. The van der Waals surface area contributed by atoms with Gasteiger partial charge in [0.1, 0.15) is 0 Å². The predicted octanol–water partition coefficient (Wildman–Crippen LogP) is 9.42. The first kappa shape index (κ1) is 17.4. The van der Waals surface area contributed by atoms with Crippen molar-refractivity contribution in [2.24, 2.45) is 5.41 Å². The maximum Gasteiger partial charge on any atom is 0.0629 e. The van der Waals surface area contributed by atoms with Gasteiger partial charge in [-0.3, -0.25) is 4.39 Å². The first-order valence-electron chi connectivity index (χ1n) is 18.6. The van der Waals surface area contributed by atoms with E-state index >= 15 is 0 Å². The third-order valence-corrected chi connectivity index (χ3v) is 5.32. The molecule has 0 aliphatic carbocycles. The molecule has 2 heterocycles. The van der Waals surface area contributed by atoms with Gasteiger partial charge in [-0.05, 0) is 77.1 Å². The van der Waals surface area contributed by atoms with E-state index in [2.05, 4.69) is 22.1 Å². The van der Waals surface area contributed by atoms with E-state index in [4.69, 9.17) is 17.8 Å². The molecule has 0 saturated heterocycles. The van der Waals surface area contributed by atoms with Gasteiger partial charge in [-0.2, -0.15) is 0 Å². The molecule has 207 valence electrons. The average molecular weight is 720 g/mol. The van der Waals surface area contributed by atoms with Crippen molar-refractivity contribution >= 4 is 0 Å². The summed E-state index contributed by atoms with van der Waals surface area (Å²) < 4.78 is 117. The second kappa shape index (κ2) is 13.7. The van der Waals surface area contributed by atoms with E-state index in [1.165, 1.54) is 36.5 Å². The molecule has 5 aromatic rings. The molecule has 0 N–H and O–H groups in total. The molecule has 0 saturated carbocycles. The van der Waals surface area contributed by atoms with E-state index < -0.39 is 32.3 Å². The van der Waals surface area contributed by atoms with Crippen molar-refractivity contribution in [3.63, 3.8) is 0 Å². The Morgan fingerprint density at radius 3 is 2.30 bits per heavy atom. The van der Waals surface area contributed by atoms with Crippen LogP contribution in [-0.2, 0) is 26.5 Å². The first-order chi connectivity index (χ1) is 23.8. The third kappa shape index (κ3) is 8.52. The molecular formula is C36H35FIrN2-2. The van der Waals surface area contributed by atoms with Crippen molar-refractivity contribution in [1.82, 2.24) is 9.97 Å². The van der Waals surface area contributed by atoms with Crippen molar-refractivity contribution in [2.45, 2.75) is 47.7 Å². The van der Waals surface area contributed by atoms with Gasteiger partial charge in [0.15, 0.2) is 0 Å². The summed E-state index contributed by atoms with van der Waals surface area (Å²) in [4.78, 5) is 8.20. The fourth-order valence-electron chi connectivity index (χ4n) is 3.61. The summed E-state index contributed by atoms with van der Waals surface area (Å²) in [7, 11) is 0. The Labute approximate surface area is 270 Å². The smallest absolute Gasteiger partial charge is 0.0629 e. The maximum atomic E-state index is 12.7. The maximum absolute atomic E-state index is 12.7. The van der Waals surface area contributed by atoms with Crippen LogP contribution in [0.3, 0.4) is 0 Å². The van der Waals surface area contributed by atoms with Crippen LogP contribution in [-0.4, -0.2) is 9.97 Å². The minimum atomic E-state index is -2.81. The summed E-state index contributed by atoms with van der Waals surface area (Å²) >= 11 is 0. The fourth-order valence-corrected chi connectivity index (χ4v) is 3.61. The van der Waals surface area contributed by atoms with Crippen LogP contribution in [0.5, 0.6) is 0 Å². The summed E-state index contributed by atoms with van der Waals surface area (Å²) in [5.74, 6) is -0.368. The molecular weight excluding hydrogens is 672 g/mol. The number of benzene rings is 3. The molecule has 0 amide bonds. The molecule has 2 aromatic heterocycles. The molecule has 5 rings (SSSR count). The van der Waals surface area contributed by atoms with E-state index in [0.717, 1.165) is 6.20 Å². The SMILES string of the molecule is [2H]C([2H])([2H])c1ccc(-c2[c-]cc(F)cc2)nc1.[2H]c1cc(C([2H])([2H])C(C)(C)C)cc(C([2H])([2H])[2H])c1-c1c(C([2H])([2H])[2H])cnc(-c2[c-]cccc2)c1[2H].[Ir]. The Balaban J connectivity index is 0.000000351. The zero-order chi connectivity index (χ0) is 39.0. The molecule has 3 aromatic carbocycles. The first-order valence-corrected chi connectivity index (χ1v) is 12.1. The minimum absolute atomic E-state index is 0. The number of hydrogen-bond acceptors (Lipinski definition) is 2. The summed E-state index contributed by atoms with van der Waals surface area (Å²) in [5, 5.41) is 0.